The van der Waals surface area contributed by atoms with Crippen molar-refractivity contribution in [2.75, 3.05) is 13.3 Å². The van der Waals surface area contributed by atoms with Crippen LogP contribution in [0.25, 0.3) is 22.4 Å². The smallest absolute Gasteiger partial charge is 0.305 e. The van der Waals surface area contributed by atoms with Crippen LogP contribution in [0.1, 0.15) is 57.3 Å². The molecule has 0 radical (unpaired) electrons. The van der Waals surface area contributed by atoms with E-state index in [1.807, 2.05) is 30.3 Å². The molecule has 1 unspecified atom stereocenters. The van der Waals surface area contributed by atoms with Gasteiger partial charge in [0.25, 0.3) is 7.37 Å². The van der Waals surface area contributed by atoms with Crippen molar-refractivity contribution < 1.29 is 28.5 Å². The first-order valence-corrected chi connectivity index (χ1v) is 14.0. The highest BCUT2D eigenvalue weighted by molar-refractivity contribution is 7.64. The highest BCUT2D eigenvalue weighted by atomic mass is 31.2. The summed E-state index contributed by atoms with van der Waals surface area (Å²) < 4.78 is 34.7. The van der Waals surface area contributed by atoms with E-state index in [4.69, 9.17) is 9.63 Å². The number of hydrogen-bond donors (Lipinski definition) is 2. The van der Waals surface area contributed by atoms with E-state index in [-0.39, 0.29) is 17.8 Å². The summed E-state index contributed by atoms with van der Waals surface area (Å²) in [4.78, 5) is 11.0. The van der Waals surface area contributed by atoms with Crippen molar-refractivity contribution >= 4 is 13.3 Å². The average Bonchev–Trinajstić information content (AvgIpc) is 3.19. The molecule has 6 nitrogen and oxygen atoms in total. The van der Waals surface area contributed by atoms with Crippen molar-refractivity contribution in [3.8, 4) is 34.0 Å². The summed E-state index contributed by atoms with van der Waals surface area (Å²) >= 11 is 0. The first kappa shape index (κ1) is 28.4. The van der Waals surface area contributed by atoms with Gasteiger partial charge >= 0.3 is 5.97 Å². The number of nitrogens with zero attached hydrogens (tertiary/aromatic N) is 1. The molecule has 0 aliphatic carbocycles. The summed E-state index contributed by atoms with van der Waals surface area (Å²) in [7, 11) is -2.45. The zero-order valence-electron chi connectivity index (χ0n) is 21.7. The van der Waals surface area contributed by atoms with Gasteiger partial charge in [-0.05, 0) is 48.7 Å². The van der Waals surface area contributed by atoms with Crippen LogP contribution in [0.3, 0.4) is 0 Å². The van der Waals surface area contributed by atoms with Crippen molar-refractivity contribution in [1.82, 2.24) is 4.57 Å². The molecule has 3 aromatic rings. The number of rotatable bonds is 9. The maximum absolute atomic E-state index is 13.9. The maximum Gasteiger partial charge on any atom is 0.305 e. The van der Waals surface area contributed by atoms with Crippen LogP contribution in [0.5, 0.6) is 0 Å². The summed E-state index contributed by atoms with van der Waals surface area (Å²) in [6, 6.07) is 16.1. The van der Waals surface area contributed by atoms with Crippen LogP contribution in [0.4, 0.5) is 4.39 Å². The zero-order chi connectivity index (χ0) is 27.3. The number of aliphatic hydroxyl groups excluding tert-OH is 1. The second-order valence-corrected chi connectivity index (χ2v) is 11.8. The van der Waals surface area contributed by atoms with Gasteiger partial charge in [-0.1, -0.05) is 62.2 Å². The van der Waals surface area contributed by atoms with E-state index < -0.39 is 32.0 Å². The molecule has 0 aliphatic rings. The third-order valence-electron chi connectivity index (χ3n) is 5.99. The second-order valence-electron chi connectivity index (χ2n) is 9.50. The third kappa shape index (κ3) is 6.59. The number of carboxylic acids is 1. The van der Waals surface area contributed by atoms with Gasteiger partial charge in [-0.3, -0.25) is 9.36 Å². The molecule has 1 heterocycles. The van der Waals surface area contributed by atoms with Crippen LogP contribution in [0.15, 0.2) is 54.6 Å². The molecule has 8 heteroatoms. The Morgan fingerprint density at radius 3 is 2.19 bits per heavy atom. The van der Waals surface area contributed by atoms with Crippen LogP contribution >= 0.6 is 7.37 Å². The molecular formula is C29H33FNO5P. The highest BCUT2D eigenvalue weighted by Crippen LogP contribution is 2.47. The van der Waals surface area contributed by atoms with Crippen molar-refractivity contribution in [3.63, 3.8) is 0 Å². The van der Waals surface area contributed by atoms with Gasteiger partial charge in [0.05, 0.1) is 29.9 Å². The second kappa shape index (κ2) is 11.9. The van der Waals surface area contributed by atoms with E-state index in [1.54, 1.807) is 12.1 Å². The summed E-state index contributed by atoms with van der Waals surface area (Å²) in [6.07, 6.45) is -2.32. The minimum atomic E-state index is -3.69. The molecule has 0 fully saturated rings. The van der Waals surface area contributed by atoms with Crippen LogP contribution in [0.2, 0.25) is 0 Å². The third-order valence-corrected chi connectivity index (χ3v) is 7.94. The van der Waals surface area contributed by atoms with E-state index in [1.165, 1.54) is 19.2 Å². The van der Waals surface area contributed by atoms with Crippen LogP contribution in [0, 0.1) is 17.4 Å². The van der Waals surface area contributed by atoms with E-state index >= 15 is 0 Å². The minimum absolute atomic E-state index is 0.0305. The molecule has 2 aromatic carbocycles. The molecular weight excluding hydrogens is 492 g/mol. The van der Waals surface area contributed by atoms with Crippen LogP contribution in [-0.2, 0) is 13.9 Å². The number of halogens is 1. The summed E-state index contributed by atoms with van der Waals surface area (Å²) in [6.45, 7) is 8.25. The van der Waals surface area contributed by atoms with Gasteiger partial charge in [-0.2, -0.15) is 0 Å². The maximum atomic E-state index is 13.9. The van der Waals surface area contributed by atoms with Gasteiger partial charge in [0.15, 0.2) is 0 Å². The quantitative estimate of drug-likeness (QED) is 0.239. The van der Waals surface area contributed by atoms with Gasteiger partial charge in [-0.15, -0.1) is 0 Å². The van der Waals surface area contributed by atoms with Gasteiger partial charge < -0.3 is 19.3 Å². The fraction of sp³-hybridized carbons (Fsp3) is 0.345. The summed E-state index contributed by atoms with van der Waals surface area (Å²) in [5.41, 5.74) is 7.72. The topological polar surface area (TPSA) is 88.8 Å². The van der Waals surface area contributed by atoms with E-state index in [9.17, 15) is 18.9 Å². The Morgan fingerprint density at radius 1 is 1.05 bits per heavy atom. The molecule has 0 aliphatic heterocycles. The number of benzene rings is 2. The molecule has 0 saturated heterocycles. The molecule has 0 saturated carbocycles. The summed E-state index contributed by atoms with van der Waals surface area (Å²) in [5, 5.41) is 19.1. The molecule has 2 N–H and O–H groups in total. The summed E-state index contributed by atoms with van der Waals surface area (Å²) in [5.74, 6) is 1.57. The number of aliphatic hydroxyl groups is 1. The minimum Gasteiger partial charge on any atom is -0.481 e. The average molecular weight is 526 g/mol. The van der Waals surface area contributed by atoms with Gasteiger partial charge in [0.1, 0.15) is 5.82 Å². The number of aromatic nitrogens is 1. The lowest BCUT2D eigenvalue weighted by Gasteiger charge is -2.20. The Bertz CT molecular complexity index is 1350. The lowest BCUT2D eigenvalue weighted by atomic mass is 9.95. The van der Waals surface area contributed by atoms with Crippen molar-refractivity contribution in [3.05, 3.63) is 71.7 Å². The Labute approximate surface area is 217 Å². The SMILES string of the molecule is COP(=O)(C#Cc1c(-c2ccc(F)cc2)c(-c2ccccc2)n(C(C)C)c1C(C)C)C[C@@H](O)CC(=O)O. The van der Waals surface area contributed by atoms with Gasteiger partial charge in [-0.25, -0.2) is 4.39 Å². The first-order chi connectivity index (χ1) is 17.5. The largest absolute Gasteiger partial charge is 0.481 e. The Balaban J connectivity index is 2.36. The molecule has 0 spiro atoms. The van der Waals surface area contributed by atoms with Crippen molar-refractivity contribution in [1.29, 1.82) is 0 Å². The molecule has 37 heavy (non-hydrogen) atoms. The molecule has 196 valence electrons. The number of carboxylic acid groups (broad SMARTS) is 1. The van der Waals surface area contributed by atoms with Crippen molar-refractivity contribution in [2.24, 2.45) is 0 Å². The standard InChI is InChI=1S/C29H33FNO5P/c1-19(2)28-25(15-16-37(35,36-5)18-24(32)17-26(33)34)27(21-11-13-23(30)14-12-21)29(31(28)20(3)4)22-9-7-6-8-10-22/h6-14,19-20,24,32H,17-18H2,1-5H3,(H,33,34)/t24-,37?/m0/s1. The lowest BCUT2D eigenvalue weighted by Crippen LogP contribution is -2.17. The lowest BCUT2D eigenvalue weighted by molar-refractivity contribution is -0.138. The Hall–Kier alpha value is -3.17. The van der Waals surface area contributed by atoms with E-state index in [0.717, 1.165) is 28.1 Å². The number of aliphatic carboxylic acids is 1. The molecule has 1 aromatic heterocycles. The molecule has 2 atom stereocenters. The predicted molar refractivity (Wildman–Crippen MR) is 144 cm³/mol. The Morgan fingerprint density at radius 2 is 1.68 bits per heavy atom. The normalized spacial score (nSPS) is 13.8. The zero-order valence-corrected chi connectivity index (χ0v) is 22.6. The predicted octanol–water partition coefficient (Wildman–Crippen LogP) is 6.73. The molecule has 0 bridgehead atoms. The van der Waals surface area contributed by atoms with Gasteiger partial charge in [0, 0.05) is 24.4 Å². The number of hydrogen-bond acceptors (Lipinski definition) is 4. The van der Waals surface area contributed by atoms with Crippen LogP contribution < -0.4 is 0 Å². The fourth-order valence-electron chi connectivity index (χ4n) is 4.47. The van der Waals surface area contributed by atoms with E-state index in [2.05, 4.69) is 43.8 Å². The first-order valence-electron chi connectivity index (χ1n) is 12.1. The van der Waals surface area contributed by atoms with Gasteiger partial charge in [0.2, 0.25) is 0 Å². The Kier molecular flexibility index (Phi) is 9.15. The van der Waals surface area contributed by atoms with Crippen molar-refractivity contribution in [2.45, 2.75) is 52.2 Å². The van der Waals surface area contributed by atoms with Crippen LogP contribution in [-0.4, -0.2) is 40.1 Å². The molecule has 0 amide bonds. The highest BCUT2D eigenvalue weighted by Gasteiger charge is 2.29. The number of carbonyl (C=O) groups is 1. The molecule has 3 rings (SSSR count). The fourth-order valence-corrected chi connectivity index (χ4v) is 5.76. The van der Waals surface area contributed by atoms with E-state index in [0.29, 0.717) is 5.56 Å². The monoisotopic (exact) mass is 525 g/mol.